The van der Waals surface area contributed by atoms with Crippen LogP contribution in [0.5, 0.6) is 0 Å². The van der Waals surface area contributed by atoms with Gasteiger partial charge in [-0.25, -0.2) is 0 Å². The van der Waals surface area contributed by atoms with Gasteiger partial charge in [0.15, 0.2) is 0 Å². The van der Waals surface area contributed by atoms with E-state index in [1.54, 1.807) is 0 Å². The fraction of sp³-hybridized carbons (Fsp3) is 0.500. The summed E-state index contributed by atoms with van der Waals surface area (Å²) in [5.41, 5.74) is 1.96. The molecule has 0 bridgehead atoms. The van der Waals surface area contributed by atoms with Crippen molar-refractivity contribution in [2.45, 2.75) is 33.1 Å². The second-order valence-electron chi connectivity index (χ2n) is 3.71. The molecule has 1 saturated heterocycles. The largest absolute Gasteiger partial charge is 0.372 e. The fourth-order valence-electron chi connectivity index (χ4n) is 1.92. The molecule has 1 fully saturated rings. The van der Waals surface area contributed by atoms with E-state index >= 15 is 0 Å². The first kappa shape index (κ1) is 12.6. The lowest BCUT2D eigenvalue weighted by Gasteiger charge is -2.28. The molecule has 1 aromatic rings. The van der Waals surface area contributed by atoms with E-state index in [4.69, 9.17) is 5.26 Å². The van der Waals surface area contributed by atoms with Gasteiger partial charge in [0.2, 0.25) is 0 Å². The molecule has 1 heterocycles. The maximum atomic E-state index is 8.79. The van der Waals surface area contributed by atoms with E-state index in [-0.39, 0.29) is 0 Å². The van der Waals surface area contributed by atoms with Gasteiger partial charge in [0, 0.05) is 18.8 Å². The summed E-state index contributed by atoms with van der Waals surface area (Å²) in [5.74, 6) is 0. The molecule has 16 heavy (non-hydrogen) atoms. The molecule has 0 unspecified atom stereocenters. The smallest absolute Gasteiger partial charge is 0.0992 e. The molecular formula is C14H20N2. The lowest BCUT2D eigenvalue weighted by molar-refractivity contribution is 0.578. The zero-order valence-electron chi connectivity index (χ0n) is 10.2. The van der Waals surface area contributed by atoms with Crippen molar-refractivity contribution in [3.05, 3.63) is 29.8 Å². The highest BCUT2D eigenvalue weighted by molar-refractivity contribution is 5.51. The molecule has 1 aromatic carbocycles. The number of nitriles is 1. The average molecular weight is 216 g/mol. The summed E-state index contributed by atoms with van der Waals surface area (Å²) in [5, 5.41) is 8.79. The van der Waals surface area contributed by atoms with E-state index < -0.39 is 0 Å². The van der Waals surface area contributed by atoms with Crippen LogP contribution in [0.25, 0.3) is 0 Å². The van der Waals surface area contributed by atoms with Crippen molar-refractivity contribution in [3.8, 4) is 6.07 Å². The van der Waals surface area contributed by atoms with Crippen molar-refractivity contribution < 1.29 is 0 Å². The SMILES string of the molecule is CC.N#Cc1cccc(N2CCCCC2)c1. The van der Waals surface area contributed by atoms with Gasteiger partial charge in [-0.05, 0) is 37.5 Å². The molecule has 1 aliphatic heterocycles. The fourth-order valence-corrected chi connectivity index (χ4v) is 1.92. The summed E-state index contributed by atoms with van der Waals surface area (Å²) in [6, 6.07) is 10.1. The topological polar surface area (TPSA) is 27.0 Å². The summed E-state index contributed by atoms with van der Waals surface area (Å²) in [7, 11) is 0. The number of hydrogen-bond donors (Lipinski definition) is 0. The maximum Gasteiger partial charge on any atom is 0.0992 e. The van der Waals surface area contributed by atoms with E-state index in [1.165, 1.54) is 24.9 Å². The molecule has 0 saturated carbocycles. The van der Waals surface area contributed by atoms with E-state index in [2.05, 4.69) is 17.0 Å². The number of piperidine rings is 1. The highest BCUT2D eigenvalue weighted by atomic mass is 15.1. The standard InChI is InChI=1S/C12H14N2.C2H6/c13-10-11-5-4-6-12(9-11)14-7-2-1-3-8-14;1-2/h4-6,9H,1-3,7-8H2;1-2H3. The van der Waals surface area contributed by atoms with Crippen LogP contribution in [0.1, 0.15) is 38.7 Å². The average Bonchev–Trinajstić information content (AvgIpc) is 2.42. The van der Waals surface area contributed by atoms with Gasteiger partial charge in [0.25, 0.3) is 0 Å². The van der Waals surface area contributed by atoms with Crippen LogP contribution in [-0.2, 0) is 0 Å². The molecule has 0 atom stereocenters. The van der Waals surface area contributed by atoms with Crippen molar-refractivity contribution in [2.24, 2.45) is 0 Å². The summed E-state index contributed by atoms with van der Waals surface area (Å²) >= 11 is 0. The van der Waals surface area contributed by atoms with Crippen LogP contribution in [0.3, 0.4) is 0 Å². The Bertz CT molecular complexity index is 346. The molecular weight excluding hydrogens is 196 g/mol. The molecule has 86 valence electrons. The van der Waals surface area contributed by atoms with Crippen LogP contribution in [0.2, 0.25) is 0 Å². The monoisotopic (exact) mass is 216 g/mol. The molecule has 2 heteroatoms. The Kier molecular flexibility index (Phi) is 5.42. The summed E-state index contributed by atoms with van der Waals surface area (Å²) in [6.45, 7) is 6.27. The third kappa shape index (κ3) is 3.27. The zero-order valence-corrected chi connectivity index (χ0v) is 10.2. The summed E-state index contributed by atoms with van der Waals surface area (Å²) in [6.07, 6.45) is 3.89. The van der Waals surface area contributed by atoms with Gasteiger partial charge in [0.1, 0.15) is 0 Å². The number of rotatable bonds is 1. The Morgan fingerprint density at radius 3 is 2.44 bits per heavy atom. The van der Waals surface area contributed by atoms with Gasteiger partial charge in [-0.3, -0.25) is 0 Å². The van der Waals surface area contributed by atoms with Gasteiger partial charge >= 0.3 is 0 Å². The normalized spacial score (nSPS) is 14.7. The zero-order chi connectivity index (χ0) is 11.8. The van der Waals surface area contributed by atoms with E-state index in [9.17, 15) is 0 Å². The Balaban J connectivity index is 0.000000606. The summed E-state index contributed by atoms with van der Waals surface area (Å²) in [4.78, 5) is 2.37. The molecule has 1 aliphatic rings. The lowest BCUT2D eigenvalue weighted by Crippen LogP contribution is -2.29. The third-order valence-electron chi connectivity index (χ3n) is 2.70. The number of anilines is 1. The van der Waals surface area contributed by atoms with Crippen molar-refractivity contribution in [3.63, 3.8) is 0 Å². The molecule has 0 amide bonds. The van der Waals surface area contributed by atoms with Crippen LogP contribution >= 0.6 is 0 Å². The maximum absolute atomic E-state index is 8.79. The van der Waals surface area contributed by atoms with Gasteiger partial charge in [-0.2, -0.15) is 5.26 Å². The minimum atomic E-state index is 0.757. The Labute approximate surface area is 98.5 Å². The van der Waals surface area contributed by atoms with Crippen LogP contribution in [0, 0.1) is 11.3 Å². The van der Waals surface area contributed by atoms with Crippen LogP contribution < -0.4 is 4.90 Å². The molecule has 0 N–H and O–H groups in total. The first-order valence-corrected chi connectivity index (χ1v) is 6.15. The van der Waals surface area contributed by atoms with Crippen LogP contribution in [0.15, 0.2) is 24.3 Å². The Morgan fingerprint density at radius 2 is 1.81 bits per heavy atom. The second kappa shape index (κ2) is 6.90. The van der Waals surface area contributed by atoms with Crippen molar-refractivity contribution in [1.82, 2.24) is 0 Å². The second-order valence-corrected chi connectivity index (χ2v) is 3.71. The van der Waals surface area contributed by atoms with Crippen molar-refractivity contribution >= 4 is 5.69 Å². The quantitative estimate of drug-likeness (QED) is 0.717. The van der Waals surface area contributed by atoms with E-state index in [0.717, 1.165) is 18.7 Å². The first-order valence-electron chi connectivity index (χ1n) is 6.15. The molecule has 0 radical (unpaired) electrons. The van der Waals surface area contributed by atoms with Crippen molar-refractivity contribution in [2.75, 3.05) is 18.0 Å². The van der Waals surface area contributed by atoms with Gasteiger partial charge < -0.3 is 4.90 Å². The summed E-state index contributed by atoms with van der Waals surface area (Å²) < 4.78 is 0. The van der Waals surface area contributed by atoms with Gasteiger partial charge in [-0.1, -0.05) is 19.9 Å². The highest BCUT2D eigenvalue weighted by Gasteiger charge is 2.10. The highest BCUT2D eigenvalue weighted by Crippen LogP contribution is 2.20. The minimum absolute atomic E-state index is 0.757. The predicted molar refractivity (Wildman–Crippen MR) is 68.6 cm³/mol. The van der Waals surface area contributed by atoms with Crippen LogP contribution in [0.4, 0.5) is 5.69 Å². The Hall–Kier alpha value is -1.49. The van der Waals surface area contributed by atoms with Crippen LogP contribution in [-0.4, -0.2) is 13.1 Å². The van der Waals surface area contributed by atoms with E-state index in [0.29, 0.717) is 0 Å². The van der Waals surface area contributed by atoms with E-state index in [1.807, 2.05) is 32.0 Å². The lowest BCUT2D eigenvalue weighted by atomic mass is 10.1. The van der Waals surface area contributed by atoms with Gasteiger partial charge in [-0.15, -0.1) is 0 Å². The predicted octanol–water partition coefficient (Wildman–Crippen LogP) is 3.57. The van der Waals surface area contributed by atoms with Crippen molar-refractivity contribution in [1.29, 1.82) is 5.26 Å². The molecule has 2 rings (SSSR count). The first-order chi connectivity index (χ1) is 7.90. The third-order valence-corrected chi connectivity index (χ3v) is 2.70. The number of nitrogens with zero attached hydrogens (tertiary/aromatic N) is 2. The molecule has 0 aromatic heterocycles. The van der Waals surface area contributed by atoms with Gasteiger partial charge in [0.05, 0.1) is 11.6 Å². The Morgan fingerprint density at radius 1 is 1.12 bits per heavy atom. The molecule has 0 spiro atoms. The molecule has 0 aliphatic carbocycles. The number of benzene rings is 1. The number of hydrogen-bond acceptors (Lipinski definition) is 2. The molecule has 2 nitrogen and oxygen atoms in total. The minimum Gasteiger partial charge on any atom is -0.372 e.